The van der Waals surface area contributed by atoms with Crippen molar-refractivity contribution in [2.45, 2.75) is 105 Å². The average Bonchev–Trinajstić information content (AvgIpc) is 2.44. The number of allylic oxidation sites excluding steroid dienone is 1. The van der Waals surface area contributed by atoms with Gasteiger partial charge in [-0.05, 0) is 50.7 Å². The number of carbonyl (C=O) groups excluding carboxylic acids is 1. The molecule has 2 nitrogen and oxygen atoms in total. The highest BCUT2D eigenvalue weighted by atomic mass is 28.4. The standard InChI is InChI=1S/C21H42O2Si/c1-9-10-11-12-13-16-21(6,17-14-15-19(2)22)18-23-24(7,8)20(3,4)5/h13,16H,9-12,14-15,17-18H2,1-8H3/b16-13+/t21-/m1/s1. The Morgan fingerprint density at radius 1 is 1.08 bits per heavy atom. The fraction of sp³-hybridized carbons (Fsp3) is 0.857. The van der Waals surface area contributed by atoms with Crippen molar-refractivity contribution in [3.63, 3.8) is 0 Å². The summed E-state index contributed by atoms with van der Waals surface area (Å²) < 4.78 is 6.50. The topological polar surface area (TPSA) is 26.3 Å². The van der Waals surface area contributed by atoms with Crippen LogP contribution in [0, 0.1) is 5.41 Å². The van der Waals surface area contributed by atoms with Crippen molar-refractivity contribution in [3.05, 3.63) is 12.2 Å². The van der Waals surface area contributed by atoms with Crippen LogP contribution in [0.1, 0.15) is 86.5 Å². The minimum Gasteiger partial charge on any atom is -0.416 e. The second kappa shape index (κ2) is 10.5. The van der Waals surface area contributed by atoms with E-state index in [9.17, 15) is 4.79 Å². The molecule has 0 radical (unpaired) electrons. The quantitative estimate of drug-likeness (QED) is 0.216. The molecule has 0 fully saturated rings. The van der Waals surface area contributed by atoms with Crippen LogP contribution >= 0.6 is 0 Å². The fourth-order valence-electron chi connectivity index (χ4n) is 2.39. The van der Waals surface area contributed by atoms with E-state index in [1.807, 2.05) is 0 Å². The first kappa shape index (κ1) is 23.6. The molecule has 0 N–H and O–H groups in total. The molecule has 0 aromatic heterocycles. The molecule has 142 valence electrons. The lowest BCUT2D eigenvalue weighted by Crippen LogP contribution is -2.43. The molecule has 0 aromatic rings. The maximum Gasteiger partial charge on any atom is 0.192 e. The zero-order valence-corrected chi connectivity index (χ0v) is 18.6. The van der Waals surface area contributed by atoms with Gasteiger partial charge in [-0.15, -0.1) is 0 Å². The molecule has 24 heavy (non-hydrogen) atoms. The van der Waals surface area contributed by atoms with E-state index < -0.39 is 8.32 Å². The Kier molecular flexibility index (Phi) is 10.4. The second-order valence-electron chi connectivity index (χ2n) is 9.16. The van der Waals surface area contributed by atoms with Gasteiger partial charge in [0.15, 0.2) is 8.32 Å². The molecule has 0 aliphatic rings. The molecule has 0 rings (SSSR count). The zero-order valence-electron chi connectivity index (χ0n) is 17.6. The number of hydrogen-bond acceptors (Lipinski definition) is 2. The summed E-state index contributed by atoms with van der Waals surface area (Å²) in [5, 5.41) is 0.234. The van der Waals surface area contributed by atoms with E-state index in [1.165, 1.54) is 19.3 Å². The summed E-state index contributed by atoms with van der Waals surface area (Å²) in [6.07, 6.45) is 12.3. The predicted molar refractivity (Wildman–Crippen MR) is 109 cm³/mol. The fourth-order valence-corrected chi connectivity index (χ4v) is 3.51. The first-order chi connectivity index (χ1) is 10.9. The van der Waals surface area contributed by atoms with Gasteiger partial charge >= 0.3 is 0 Å². The molecule has 0 spiro atoms. The summed E-state index contributed by atoms with van der Waals surface area (Å²) in [6, 6.07) is 0. The van der Waals surface area contributed by atoms with Crippen molar-refractivity contribution in [1.29, 1.82) is 0 Å². The summed E-state index contributed by atoms with van der Waals surface area (Å²) >= 11 is 0. The normalized spacial score (nSPS) is 15.7. The summed E-state index contributed by atoms with van der Waals surface area (Å²) in [4.78, 5) is 11.3. The van der Waals surface area contributed by atoms with Crippen molar-refractivity contribution in [2.75, 3.05) is 6.61 Å². The predicted octanol–water partition coefficient (Wildman–Crippen LogP) is 6.91. The Labute approximate surface area is 152 Å². The number of Topliss-reactive ketones (excluding diaryl/α,β-unsaturated/α-hetero) is 1. The number of ketones is 1. The smallest absolute Gasteiger partial charge is 0.192 e. The average molecular weight is 355 g/mol. The highest BCUT2D eigenvalue weighted by Crippen LogP contribution is 2.38. The highest BCUT2D eigenvalue weighted by Gasteiger charge is 2.38. The van der Waals surface area contributed by atoms with Crippen molar-refractivity contribution < 1.29 is 9.22 Å². The molecule has 0 saturated heterocycles. The van der Waals surface area contributed by atoms with Crippen LogP contribution in [0.4, 0.5) is 0 Å². The van der Waals surface area contributed by atoms with Gasteiger partial charge in [-0.2, -0.15) is 0 Å². The molecule has 0 heterocycles. The Morgan fingerprint density at radius 2 is 1.71 bits per heavy atom. The van der Waals surface area contributed by atoms with Gasteiger partial charge in [0.05, 0.1) is 0 Å². The molecule has 0 aliphatic carbocycles. The van der Waals surface area contributed by atoms with Gasteiger partial charge in [0.1, 0.15) is 5.78 Å². The van der Waals surface area contributed by atoms with Gasteiger partial charge in [0.25, 0.3) is 0 Å². The maximum atomic E-state index is 11.3. The van der Waals surface area contributed by atoms with Crippen LogP contribution < -0.4 is 0 Å². The molecule has 0 saturated carbocycles. The molecule has 0 bridgehead atoms. The van der Waals surface area contributed by atoms with Gasteiger partial charge in [-0.3, -0.25) is 0 Å². The minimum absolute atomic E-state index is 0.0389. The SMILES string of the molecule is CCCCC/C=C/[C@](C)(CCCC(C)=O)CO[Si](C)(C)C(C)(C)C. The van der Waals surface area contributed by atoms with E-state index in [0.29, 0.717) is 6.42 Å². The zero-order chi connectivity index (χ0) is 18.9. The van der Waals surface area contributed by atoms with Crippen LogP contribution in [0.15, 0.2) is 12.2 Å². The third kappa shape index (κ3) is 9.78. The number of hydrogen-bond donors (Lipinski definition) is 0. The van der Waals surface area contributed by atoms with Gasteiger partial charge in [-0.25, -0.2) is 0 Å². The van der Waals surface area contributed by atoms with E-state index in [1.54, 1.807) is 6.92 Å². The van der Waals surface area contributed by atoms with Gasteiger partial charge in [-0.1, -0.05) is 59.6 Å². The Bertz CT molecular complexity index is 393. The lowest BCUT2D eigenvalue weighted by atomic mass is 9.85. The summed E-state index contributed by atoms with van der Waals surface area (Å²) in [7, 11) is -1.74. The Balaban J connectivity index is 4.80. The van der Waals surface area contributed by atoms with Gasteiger partial charge in [0.2, 0.25) is 0 Å². The minimum atomic E-state index is -1.74. The summed E-state index contributed by atoms with van der Waals surface area (Å²) in [5.41, 5.74) is 0.0389. The third-order valence-electron chi connectivity index (χ3n) is 5.34. The second-order valence-corrected chi connectivity index (χ2v) is 14.0. The molecular weight excluding hydrogens is 312 g/mol. The van der Waals surface area contributed by atoms with Crippen molar-refractivity contribution in [3.8, 4) is 0 Å². The van der Waals surface area contributed by atoms with Crippen LogP contribution in [0.25, 0.3) is 0 Å². The summed E-state index contributed by atoms with van der Waals surface area (Å²) in [6.45, 7) is 18.5. The van der Waals surface area contributed by atoms with Crippen LogP contribution in [0.2, 0.25) is 18.1 Å². The van der Waals surface area contributed by atoms with Crippen LogP contribution in [-0.4, -0.2) is 20.7 Å². The van der Waals surface area contributed by atoms with Crippen LogP contribution in [0.3, 0.4) is 0 Å². The van der Waals surface area contributed by atoms with E-state index in [0.717, 1.165) is 25.9 Å². The molecule has 3 heteroatoms. The van der Waals surface area contributed by atoms with E-state index in [2.05, 4.69) is 59.9 Å². The van der Waals surface area contributed by atoms with Gasteiger partial charge < -0.3 is 9.22 Å². The van der Waals surface area contributed by atoms with E-state index in [4.69, 9.17) is 4.43 Å². The first-order valence-corrected chi connectivity index (χ1v) is 12.7. The van der Waals surface area contributed by atoms with Crippen molar-refractivity contribution in [2.24, 2.45) is 5.41 Å². The van der Waals surface area contributed by atoms with Crippen LogP contribution in [0.5, 0.6) is 0 Å². The molecule has 0 aromatic carbocycles. The lowest BCUT2D eigenvalue weighted by Gasteiger charge is -2.39. The number of unbranched alkanes of at least 4 members (excludes halogenated alkanes) is 3. The molecular formula is C21H42O2Si. The Morgan fingerprint density at radius 3 is 2.21 bits per heavy atom. The van der Waals surface area contributed by atoms with Crippen molar-refractivity contribution in [1.82, 2.24) is 0 Å². The Hall–Kier alpha value is -0.413. The van der Waals surface area contributed by atoms with Crippen molar-refractivity contribution >= 4 is 14.1 Å². The van der Waals surface area contributed by atoms with Gasteiger partial charge in [0, 0.05) is 18.4 Å². The largest absolute Gasteiger partial charge is 0.416 e. The maximum absolute atomic E-state index is 11.3. The van der Waals surface area contributed by atoms with E-state index >= 15 is 0 Å². The third-order valence-corrected chi connectivity index (χ3v) is 9.82. The lowest BCUT2D eigenvalue weighted by molar-refractivity contribution is -0.117. The highest BCUT2D eigenvalue weighted by molar-refractivity contribution is 6.74. The van der Waals surface area contributed by atoms with Crippen LogP contribution in [-0.2, 0) is 9.22 Å². The number of rotatable bonds is 12. The summed E-state index contributed by atoms with van der Waals surface area (Å²) in [5.74, 6) is 0.287. The van der Waals surface area contributed by atoms with E-state index in [-0.39, 0.29) is 16.2 Å². The molecule has 1 atom stereocenters. The number of carbonyl (C=O) groups is 1. The monoisotopic (exact) mass is 354 g/mol. The molecule has 0 aliphatic heterocycles. The molecule has 0 amide bonds. The first-order valence-electron chi connectivity index (χ1n) is 9.74. The molecule has 0 unspecified atom stereocenters.